The Kier molecular flexibility index (Phi) is 7.40. The molecule has 1 aliphatic heterocycles. The van der Waals surface area contributed by atoms with E-state index in [1.807, 2.05) is 50.2 Å². The second kappa shape index (κ2) is 10.5. The summed E-state index contributed by atoms with van der Waals surface area (Å²) in [4.78, 5) is 38.8. The molecule has 0 spiro atoms. The molecule has 1 saturated heterocycles. The highest BCUT2D eigenvalue weighted by Gasteiger charge is 2.41. The number of methoxy groups -OCH3 is 1. The van der Waals surface area contributed by atoms with E-state index in [0.717, 1.165) is 28.7 Å². The van der Waals surface area contributed by atoms with Crippen molar-refractivity contribution < 1.29 is 29.0 Å². The highest BCUT2D eigenvalue weighted by atomic mass is 16.5. The molecule has 2 aromatic rings. The Morgan fingerprint density at radius 2 is 1.66 bits per heavy atom. The monoisotopic (exact) mass is 480 g/mol. The lowest BCUT2D eigenvalue weighted by molar-refractivity contribution is -0.161. The molecule has 2 N–H and O–H groups in total. The maximum absolute atomic E-state index is 13.1. The van der Waals surface area contributed by atoms with Crippen LogP contribution in [0.3, 0.4) is 0 Å². The Labute approximate surface area is 205 Å². The van der Waals surface area contributed by atoms with Gasteiger partial charge in [-0.05, 0) is 40.5 Å². The van der Waals surface area contributed by atoms with Crippen LogP contribution in [0, 0.1) is 11.8 Å². The molecule has 2 aliphatic rings. The average Bonchev–Trinajstić information content (AvgIpc) is 3.16. The topological polar surface area (TPSA) is 105 Å². The first-order valence-electron chi connectivity index (χ1n) is 12.0. The second-order valence-electron chi connectivity index (χ2n) is 9.52. The molecule has 8 heteroatoms. The van der Waals surface area contributed by atoms with Crippen LogP contribution in [0.1, 0.15) is 37.3 Å². The lowest BCUT2D eigenvalue weighted by Gasteiger charge is -2.41. The normalized spacial score (nSPS) is 22.1. The second-order valence-corrected chi connectivity index (χ2v) is 9.52. The number of hydrogen-bond donors (Lipinski definition) is 2. The highest BCUT2D eigenvalue weighted by Crippen LogP contribution is 2.44. The van der Waals surface area contributed by atoms with E-state index < -0.39 is 30.1 Å². The largest absolute Gasteiger partial charge is 0.480 e. The first-order chi connectivity index (χ1) is 16.8. The van der Waals surface area contributed by atoms with Gasteiger partial charge in [0, 0.05) is 19.6 Å². The number of piperidine rings is 1. The lowest BCUT2D eigenvalue weighted by atomic mass is 9.84. The fraction of sp³-hybridized carbons (Fsp3) is 0.444. The number of rotatable bonds is 7. The molecule has 2 aromatic carbocycles. The van der Waals surface area contributed by atoms with Gasteiger partial charge in [-0.2, -0.15) is 0 Å². The molecule has 0 aromatic heterocycles. The van der Waals surface area contributed by atoms with Crippen LogP contribution in [0.5, 0.6) is 0 Å². The SMILES string of the molecule is COC(CNC(=O)OCC1c2ccccc2-c2ccccc21)C(=O)N1CC(C)CC(C)C1C(=O)O. The van der Waals surface area contributed by atoms with Crippen LogP contribution in [-0.4, -0.2) is 66.9 Å². The van der Waals surface area contributed by atoms with E-state index in [1.54, 1.807) is 0 Å². The summed E-state index contributed by atoms with van der Waals surface area (Å²) in [6, 6.07) is 15.2. The van der Waals surface area contributed by atoms with Gasteiger partial charge < -0.3 is 24.8 Å². The van der Waals surface area contributed by atoms with E-state index in [2.05, 4.69) is 17.4 Å². The van der Waals surface area contributed by atoms with E-state index >= 15 is 0 Å². The molecule has 0 bridgehead atoms. The number of carboxylic acid groups (broad SMARTS) is 1. The number of likely N-dealkylation sites (tertiary alicyclic amines) is 1. The summed E-state index contributed by atoms with van der Waals surface area (Å²) >= 11 is 0. The molecular formula is C27H32N2O6. The number of ether oxygens (including phenoxy) is 2. The Balaban J connectivity index is 1.37. The van der Waals surface area contributed by atoms with Crippen molar-refractivity contribution in [2.24, 2.45) is 11.8 Å². The number of benzene rings is 2. The van der Waals surface area contributed by atoms with Gasteiger partial charge in [0.1, 0.15) is 12.6 Å². The van der Waals surface area contributed by atoms with Crippen LogP contribution in [0.4, 0.5) is 4.79 Å². The number of nitrogens with zero attached hydrogens (tertiary/aromatic N) is 1. The van der Waals surface area contributed by atoms with Crippen LogP contribution in [0.15, 0.2) is 48.5 Å². The zero-order valence-electron chi connectivity index (χ0n) is 20.3. The Morgan fingerprint density at radius 3 is 2.23 bits per heavy atom. The molecule has 35 heavy (non-hydrogen) atoms. The third-order valence-electron chi connectivity index (χ3n) is 7.03. The number of carbonyl (C=O) groups excluding carboxylic acids is 2. The number of carbonyl (C=O) groups is 3. The minimum atomic E-state index is -1.03. The summed E-state index contributed by atoms with van der Waals surface area (Å²) in [6.45, 7) is 4.22. The van der Waals surface area contributed by atoms with Gasteiger partial charge in [-0.25, -0.2) is 9.59 Å². The first-order valence-corrected chi connectivity index (χ1v) is 12.0. The fourth-order valence-electron chi connectivity index (χ4n) is 5.48. The van der Waals surface area contributed by atoms with Crippen molar-refractivity contribution in [3.8, 4) is 11.1 Å². The minimum Gasteiger partial charge on any atom is -0.480 e. The molecule has 4 unspecified atom stereocenters. The Hall–Kier alpha value is -3.39. The zero-order chi connectivity index (χ0) is 25.1. The van der Waals surface area contributed by atoms with E-state index in [0.29, 0.717) is 6.54 Å². The minimum absolute atomic E-state index is 0.0688. The smallest absolute Gasteiger partial charge is 0.407 e. The maximum atomic E-state index is 13.1. The Morgan fingerprint density at radius 1 is 1.06 bits per heavy atom. The summed E-state index contributed by atoms with van der Waals surface area (Å²) < 4.78 is 10.9. The average molecular weight is 481 g/mol. The van der Waals surface area contributed by atoms with E-state index in [-0.39, 0.29) is 30.9 Å². The molecular weight excluding hydrogens is 448 g/mol. The van der Waals surface area contributed by atoms with Crippen molar-refractivity contribution in [2.45, 2.75) is 38.3 Å². The van der Waals surface area contributed by atoms with Crippen LogP contribution in [0.2, 0.25) is 0 Å². The van der Waals surface area contributed by atoms with Crippen molar-refractivity contribution >= 4 is 18.0 Å². The summed E-state index contributed by atoms with van der Waals surface area (Å²) in [5.74, 6) is -1.54. The van der Waals surface area contributed by atoms with Crippen molar-refractivity contribution in [1.82, 2.24) is 10.2 Å². The highest BCUT2D eigenvalue weighted by molar-refractivity contribution is 5.87. The Bertz CT molecular complexity index is 1060. The molecule has 4 atom stereocenters. The number of nitrogens with one attached hydrogen (secondary N) is 1. The maximum Gasteiger partial charge on any atom is 0.407 e. The van der Waals surface area contributed by atoms with Crippen LogP contribution in [-0.2, 0) is 19.1 Å². The van der Waals surface area contributed by atoms with Crippen LogP contribution >= 0.6 is 0 Å². The summed E-state index contributed by atoms with van der Waals surface area (Å²) in [5, 5.41) is 12.3. The first kappa shape index (κ1) is 24.7. The molecule has 1 aliphatic carbocycles. The molecule has 186 valence electrons. The van der Waals surface area contributed by atoms with Gasteiger partial charge in [-0.15, -0.1) is 0 Å². The van der Waals surface area contributed by atoms with Gasteiger partial charge in [0.2, 0.25) is 0 Å². The number of hydrogen-bond acceptors (Lipinski definition) is 5. The lowest BCUT2D eigenvalue weighted by Crippen LogP contribution is -2.58. The van der Waals surface area contributed by atoms with Crippen molar-refractivity contribution in [3.05, 3.63) is 59.7 Å². The summed E-state index contributed by atoms with van der Waals surface area (Å²) in [5.41, 5.74) is 4.50. The molecule has 4 rings (SSSR count). The van der Waals surface area contributed by atoms with E-state index in [1.165, 1.54) is 12.0 Å². The summed E-state index contributed by atoms with van der Waals surface area (Å²) in [6.07, 6.45) is -0.928. The van der Waals surface area contributed by atoms with Crippen molar-refractivity contribution in [1.29, 1.82) is 0 Å². The molecule has 8 nitrogen and oxygen atoms in total. The van der Waals surface area contributed by atoms with Gasteiger partial charge in [0.05, 0.1) is 6.54 Å². The van der Waals surface area contributed by atoms with Gasteiger partial charge in [0.25, 0.3) is 5.91 Å². The standard InChI is InChI=1S/C27H32N2O6/c1-16-12-17(2)24(26(31)32)29(14-16)25(30)23(34-3)13-28-27(33)35-15-22-20-10-6-4-8-18(20)19-9-5-7-11-21(19)22/h4-11,16-17,22-24H,12-15H2,1-3H3,(H,28,33)(H,31,32). The molecule has 1 heterocycles. The molecule has 0 radical (unpaired) electrons. The third kappa shape index (κ3) is 5.03. The molecule has 0 saturated carbocycles. The fourth-order valence-corrected chi connectivity index (χ4v) is 5.48. The van der Waals surface area contributed by atoms with E-state index in [4.69, 9.17) is 9.47 Å². The van der Waals surface area contributed by atoms with Crippen LogP contribution in [0.25, 0.3) is 11.1 Å². The number of fused-ring (bicyclic) bond motifs is 3. The number of amides is 2. The summed E-state index contributed by atoms with van der Waals surface area (Å²) in [7, 11) is 1.37. The predicted octanol–water partition coefficient (Wildman–Crippen LogP) is 3.50. The third-order valence-corrected chi connectivity index (χ3v) is 7.03. The van der Waals surface area contributed by atoms with Crippen molar-refractivity contribution in [3.63, 3.8) is 0 Å². The number of alkyl carbamates (subject to hydrolysis) is 1. The van der Waals surface area contributed by atoms with Gasteiger partial charge in [0.15, 0.2) is 6.10 Å². The zero-order valence-corrected chi connectivity index (χ0v) is 20.3. The molecule has 2 amide bonds. The number of aliphatic carboxylic acids is 1. The van der Waals surface area contributed by atoms with Crippen molar-refractivity contribution in [2.75, 3.05) is 26.8 Å². The van der Waals surface area contributed by atoms with Gasteiger partial charge in [-0.3, -0.25) is 4.79 Å². The van der Waals surface area contributed by atoms with Crippen LogP contribution < -0.4 is 5.32 Å². The van der Waals surface area contributed by atoms with E-state index in [9.17, 15) is 19.5 Å². The molecule has 1 fully saturated rings. The number of carboxylic acids is 1. The predicted molar refractivity (Wildman–Crippen MR) is 130 cm³/mol. The quantitative estimate of drug-likeness (QED) is 0.629. The van der Waals surface area contributed by atoms with Gasteiger partial charge in [-0.1, -0.05) is 62.4 Å². The van der Waals surface area contributed by atoms with Gasteiger partial charge >= 0.3 is 12.1 Å².